The lowest BCUT2D eigenvalue weighted by Crippen LogP contribution is -2.50. The second-order valence-corrected chi connectivity index (χ2v) is 9.03. The van der Waals surface area contributed by atoms with Crippen molar-refractivity contribution >= 4 is 35.0 Å². The van der Waals surface area contributed by atoms with Gasteiger partial charge in [0.2, 0.25) is 0 Å². The van der Waals surface area contributed by atoms with Crippen LogP contribution in [-0.2, 0) is 4.74 Å². The molecule has 0 aromatic heterocycles. The Morgan fingerprint density at radius 1 is 1.43 bits per heavy atom. The average molecular weight is 427 g/mol. The van der Waals surface area contributed by atoms with Gasteiger partial charge in [0.15, 0.2) is 5.96 Å². The van der Waals surface area contributed by atoms with Crippen molar-refractivity contribution in [2.45, 2.75) is 30.1 Å². The first-order valence-electron chi connectivity index (χ1n) is 9.78. The summed E-state index contributed by atoms with van der Waals surface area (Å²) in [7, 11) is 3.53. The summed E-state index contributed by atoms with van der Waals surface area (Å²) in [5.41, 5.74) is 1.05. The molecule has 2 heterocycles. The van der Waals surface area contributed by atoms with Crippen molar-refractivity contribution in [3.8, 4) is 5.75 Å². The quantitative estimate of drug-likeness (QED) is 0.538. The molecule has 2 fully saturated rings. The summed E-state index contributed by atoms with van der Waals surface area (Å²) in [6.07, 6.45) is 5.38. The van der Waals surface area contributed by atoms with Crippen molar-refractivity contribution in [2.75, 3.05) is 58.2 Å². The van der Waals surface area contributed by atoms with Gasteiger partial charge in [0.25, 0.3) is 0 Å². The van der Waals surface area contributed by atoms with Gasteiger partial charge < -0.3 is 25.0 Å². The number of halogens is 1. The maximum Gasteiger partial charge on any atom is 0.191 e. The fourth-order valence-corrected chi connectivity index (χ4v) is 4.79. The van der Waals surface area contributed by atoms with Crippen molar-refractivity contribution < 1.29 is 9.47 Å². The molecule has 1 unspecified atom stereocenters. The van der Waals surface area contributed by atoms with E-state index < -0.39 is 0 Å². The number of hydrogen-bond acceptors (Lipinski definition) is 5. The van der Waals surface area contributed by atoms with Gasteiger partial charge in [-0.25, -0.2) is 0 Å². The topological polar surface area (TPSA) is 58.1 Å². The molecular formula is C20H31ClN4O2S. The molecule has 1 atom stereocenters. The van der Waals surface area contributed by atoms with Crippen LogP contribution in [-0.4, -0.2) is 70.0 Å². The third-order valence-corrected chi connectivity index (χ3v) is 7.30. The third-order valence-electron chi connectivity index (χ3n) is 5.65. The molecule has 8 heteroatoms. The van der Waals surface area contributed by atoms with Crippen LogP contribution >= 0.6 is 23.4 Å². The zero-order valence-corrected chi connectivity index (χ0v) is 18.5. The molecule has 6 nitrogen and oxygen atoms in total. The van der Waals surface area contributed by atoms with Gasteiger partial charge in [-0.2, -0.15) is 11.8 Å². The lowest BCUT2D eigenvalue weighted by molar-refractivity contribution is 0.0782. The smallest absolute Gasteiger partial charge is 0.191 e. The summed E-state index contributed by atoms with van der Waals surface area (Å²) in [6.45, 7) is 4.42. The van der Waals surface area contributed by atoms with Gasteiger partial charge in [-0.3, -0.25) is 4.99 Å². The minimum absolute atomic E-state index is 0.228. The number of benzene rings is 1. The van der Waals surface area contributed by atoms with Crippen molar-refractivity contribution in [3.63, 3.8) is 0 Å². The highest BCUT2D eigenvalue weighted by Gasteiger charge is 2.32. The molecular weight excluding hydrogens is 396 g/mol. The van der Waals surface area contributed by atoms with Crippen LogP contribution < -0.4 is 20.3 Å². The van der Waals surface area contributed by atoms with E-state index in [0.717, 1.165) is 74.5 Å². The Kier molecular flexibility index (Phi) is 7.60. The number of guanidine groups is 1. The van der Waals surface area contributed by atoms with E-state index in [4.69, 9.17) is 21.1 Å². The van der Waals surface area contributed by atoms with E-state index in [0.29, 0.717) is 6.04 Å². The molecule has 0 spiro atoms. The second kappa shape index (κ2) is 9.94. The Bertz CT molecular complexity index is 682. The maximum absolute atomic E-state index is 6.20. The summed E-state index contributed by atoms with van der Waals surface area (Å²) in [4.78, 5) is 6.75. The minimum Gasteiger partial charge on any atom is -0.495 e. The van der Waals surface area contributed by atoms with Gasteiger partial charge in [0.1, 0.15) is 5.75 Å². The largest absolute Gasteiger partial charge is 0.495 e. The van der Waals surface area contributed by atoms with Crippen molar-refractivity contribution in [1.82, 2.24) is 10.6 Å². The SMILES string of the molecule is CN=C(NCC1(SC)CCOCC1)NC1CCN(c2cc(Cl)ccc2OC)C1. The summed E-state index contributed by atoms with van der Waals surface area (Å²) in [6, 6.07) is 6.09. The Hall–Kier alpha value is -1.31. The lowest BCUT2D eigenvalue weighted by Gasteiger charge is -2.36. The molecule has 2 N–H and O–H groups in total. The predicted molar refractivity (Wildman–Crippen MR) is 119 cm³/mol. The van der Waals surface area contributed by atoms with Crippen LogP contribution in [0.5, 0.6) is 5.75 Å². The van der Waals surface area contributed by atoms with Crippen LogP contribution in [0.2, 0.25) is 5.02 Å². The number of nitrogens with zero attached hydrogens (tertiary/aromatic N) is 2. The zero-order valence-electron chi connectivity index (χ0n) is 17.0. The lowest BCUT2D eigenvalue weighted by atomic mass is 9.99. The summed E-state index contributed by atoms with van der Waals surface area (Å²) >= 11 is 8.13. The summed E-state index contributed by atoms with van der Waals surface area (Å²) in [5.74, 6) is 1.72. The average Bonchev–Trinajstić information content (AvgIpc) is 3.20. The van der Waals surface area contributed by atoms with E-state index in [1.807, 2.05) is 37.0 Å². The fourth-order valence-electron chi connectivity index (χ4n) is 3.84. The monoisotopic (exact) mass is 426 g/mol. The first-order chi connectivity index (χ1) is 13.6. The molecule has 2 saturated heterocycles. The van der Waals surface area contributed by atoms with Gasteiger partial charge in [-0.15, -0.1) is 0 Å². The highest BCUT2D eigenvalue weighted by atomic mass is 35.5. The number of nitrogens with one attached hydrogen (secondary N) is 2. The Morgan fingerprint density at radius 3 is 2.89 bits per heavy atom. The molecule has 156 valence electrons. The molecule has 2 aliphatic heterocycles. The van der Waals surface area contributed by atoms with E-state index in [1.165, 1.54) is 0 Å². The first-order valence-corrected chi connectivity index (χ1v) is 11.4. The number of anilines is 1. The Balaban J connectivity index is 1.56. The fraction of sp³-hybridized carbons (Fsp3) is 0.650. The molecule has 0 bridgehead atoms. The van der Waals surface area contributed by atoms with Crippen LogP contribution in [0.1, 0.15) is 19.3 Å². The zero-order chi connectivity index (χ0) is 20.0. The Morgan fingerprint density at radius 2 is 2.21 bits per heavy atom. The number of thioether (sulfide) groups is 1. The molecule has 0 saturated carbocycles. The van der Waals surface area contributed by atoms with Gasteiger partial charge in [0, 0.05) is 55.7 Å². The molecule has 1 aromatic carbocycles. The van der Waals surface area contributed by atoms with Crippen LogP contribution in [0.15, 0.2) is 23.2 Å². The van der Waals surface area contributed by atoms with Crippen molar-refractivity contribution in [3.05, 3.63) is 23.2 Å². The molecule has 0 radical (unpaired) electrons. The van der Waals surface area contributed by atoms with Crippen LogP contribution in [0.25, 0.3) is 0 Å². The minimum atomic E-state index is 0.228. The van der Waals surface area contributed by atoms with Crippen molar-refractivity contribution in [1.29, 1.82) is 0 Å². The normalized spacial score (nSPS) is 22.2. The number of aliphatic imine (C=N–C) groups is 1. The highest BCUT2D eigenvalue weighted by molar-refractivity contribution is 8.00. The van der Waals surface area contributed by atoms with E-state index in [9.17, 15) is 0 Å². The van der Waals surface area contributed by atoms with Crippen LogP contribution in [0.4, 0.5) is 5.69 Å². The molecule has 1 aromatic rings. The van der Waals surface area contributed by atoms with Crippen LogP contribution in [0.3, 0.4) is 0 Å². The third kappa shape index (κ3) is 5.19. The Labute approximate surface area is 177 Å². The molecule has 3 rings (SSSR count). The summed E-state index contributed by atoms with van der Waals surface area (Å²) < 4.78 is 11.3. The number of rotatable bonds is 6. The van der Waals surface area contributed by atoms with Gasteiger partial charge >= 0.3 is 0 Å². The van der Waals surface area contributed by atoms with Gasteiger partial charge in [0.05, 0.1) is 12.8 Å². The number of hydrogen-bond donors (Lipinski definition) is 2. The van der Waals surface area contributed by atoms with Crippen molar-refractivity contribution in [2.24, 2.45) is 4.99 Å². The van der Waals surface area contributed by atoms with E-state index in [1.54, 1.807) is 7.11 Å². The standard InChI is InChI=1S/C20H31ClN4O2S/c1-22-19(23-14-20(28-3)7-10-27-11-8-20)24-16-6-9-25(13-16)17-12-15(21)4-5-18(17)26-2/h4-5,12,16H,6-11,13-14H2,1-3H3,(H2,22,23,24). The maximum atomic E-state index is 6.20. The predicted octanol–water partition coefficient (Wildman–Crippen LogP) is 3.00. The second-order valence-electron chi connectivity index (χ2n) is 7.32. The molecule has 0 amide bonds. The summed E-state index contributed by atoms with van der Waals surface area (Å²) in [5, 5.41) is 7.85. The highest BCUT2D eigenvalue weighted by Crippen LogP contribution is 2.34. The van der Waals surface area contributed by atoms with E-state index in [2.05, 4.69) is 26.8 Å². The molecule has 28 heavy (non-hydrogen) atoms. The van der Waals surface area contributed by atoms with Crippen LogP contribution in [0, 0.1) is 0 Å². The van der Waals surface area contributed by atoms with E-state index >= 15 is 0 Å². The van der Waals surface area contributed by atoms with E-state index in [-0.39, 0.29) is 4.75 Å². The molecule has 0 aliphatic carbocycles. The van der Waals surface area contributed by atoms with Gasteiger partial charge in [-0.1, -0.05) is 11.6 Å². The first kappa shape index (κ1) is 21.4. The molecule has 2 aliphatic rings. The van der Waals surface area contributed by atoms with Gasteiger partial charge in [-0.05, 0) is 43.7 Å². The number of ether oxygens (including phenoxy) is 2. The number of methoxy groups -OCH3 is 1.